The van der Waals surface area contributed by atoms with E-state index < -0.39 is 8.56 Å². The van der Waals surface area contributed by atoms with Gasteiger partial charge in [0.25, 0.3) is 0 Å². The summed E-state index contributed by atoms with van der Waals surface area (Å²) in [5, 5.41) is 0.661. The van der Waals surface area contributed by atoms with Gasteiger partial charge in [-0.2, -0.15) is 0 Å². The zero-order valence-corrected chi connectivity index (χ0v) is 12.4. The normalized spacial score (nSPS) is 13.9. The predicted octanol–water partition coefficient (Wildman–Crippen LogP) is 2.57. The second kappa shape index (κ2) is 4.43. The number of hydrogen-bond acceptors (Lipinski definition) is 4. The van der Waals surface area contributed by atoms with Gasteiger partial charge in [-0.25, -0.2) is 0 Å². The smallest absolute Gasteiger partial charge is 0.363 e. The van der Waals surface area contributed by atoms with Gasteiger partial charge in [0.2, 0.25) is 0 Å². The lowest BCUT2D eigenvalue weighted by Crippen LogP contribution is -2.45. The Hall–Kier alpha value is -0.723. The van der Waals surface area contributed by atoms with Crippen LogP contribution in [0.2, 0.25) is 6.55 Å². The van der Waals surface area contributed by atoms with Crippen LogP contribution in [0.1, 0.15) is 0 Å². The molecule has 0 saturated heterocycles. The first-order chi connectivity index (χ1) is 8.54. The minimum absolute atomic E-state index is 0.661. The van der Waals surface area contributed by atoms with Crippen LogP contribution in [0.3, 0.4) is 0 Å². The monoisotopic (exact) mass is 292 g/mol. The first-order valence-electron chi connectivity index (χ1n) is 5.58. The van der Waals surface area contributed by atoms with Crippen molar-refractivity contribution in [3.8, 4) is 0 Å². The molecular weight excluding hydrogens is 280 g/mol. The maximum atomic E-state index is 9.76. The van der Waals surface area contributed by atoms with Crippen LogP contribution in [0.25, 0.3) is 0 Å². The maximum Gasteiger partial charge on any atom is 0.363 e. The highest BCUT2D eigenvalue weighted by molar-refractivity contribution is 8.05. The Morgan fingerprint density at radius 1 is 0.833 bits per heavy atom. The van der Waals surface area contributed by atoms with Crippen LogP contribution in [0.15, 0.2) is 62.0 Å². The standard InChI is InChI=1S/C13H12O2S2Si/c1-18(14,15)9-6-7-12-13(8-9)17-11-5-3-2-4-10(11)16-12/h2-8,14-15H,1H3. The van der Waals surface area contributed by atoms with E-state index in [0.717, 1.165) is 4.90 Å². The van der Waals surface area contributed by atoms with Gasteiger partial charge in [0.1, 0.15) is 0 Å². The molecule has 5 heteroatoms. The third-order valence-electron chi connectivity index (χ3n) is 2.78. The van der Waals surface area contributed by atoms with E-state index in [1.807, 2.05) is 30.3 Å². The lowest BCUT2D eigenvalue weighted by atomic mass is 10.3. The van der Waals surface area contributed by atoms with E-state index in [1.165, 1.54) is 21.2 Å². The molecule has 0 atom stereocenters. The van der Waals surface area contributed by atoms with E-state index in [1.54, 1.807) is 23.5 Å². The Morgan fingerprint density at radius 3 is 2.00 bits per heavy atom. The van der Waals surface area contributed by atoms with Crippen molar-refractivity contribution in [3.63, 3.8) is 0 Å². The summed E-state index contributed by atoms with van der Waals surface area (Å²) in [7, 11) is -3.21. The van der Waals surface area contributed by atoms with E-state index in [-0.39, 0.29) is 0 Å². The summed E-state index contributed by atoms with van der Waals surface area (Å²) in [6, 6.07) is 14.0. The van der Waals surface area contributed by atoms with Crippen LogP contribution in [0, 0.1) is 0 Å². The summed E-state index contributed by atoms with van der Waals surface area (Å²) in [4.78, 5) is 24.3. The molecule has 1 aliphatic heterocycles. The fourth-order valence-corrected chi connectivity index (χ4v) is 5.00. The third kappa shape index (κ3) is 2.24. The van der Waals surface area contributed by atoms with Crippen LogP contribution in [0.5, 0.6) is 0 Å². The van der Waals surface area contributed by atoms with Crippen molar-refractivity contribution in [2.45, 2.75) is 26.1 Å². The average Bonchev–Trinajstić information content (AvgIpc) is 2.34. The maximum absolute atomic E-state index is 9.76. The number of benzene rings is 2. The Morgan fingerprint density at radius 2 is 1.39 bits per heavy atom. The average molecular weight is 292 g/mol. The number of rotatable bonds is 1. The van der Waals surface area contributed by atoms with Gasteiger partial charge in [-0.1, -0.05) is 41.7 Å². The first-order valence-corrected chi connectivity index (χ1v) is 9.61. The zero-order chi connectivity index (χ0) is 12.8. The topological polar surface area (TPSA) is 40.5 Å². The molecule has 2 nitrogen and oxygen atoms in total. The summed E-state index contributed by atoms with van der Waals surface area (Å²) >= 11 is 3.43. The van der Waals surface area contributed by atoms with Gasteiger partial charge >= 0.3 is 8.56 Å². The summed E-state index contributed by atoms with van der Waals surface area (Å²) < 4.78 is 0. The number of hydrogen-bond donors (Lipinski definition) is 2. The van der Waals surface area contributed by atoms with Crippen molar-refractivity contribution in [1.82, 2.24) is 0 Å². The van der Waals surface area contributed by atoms with Crippen LogP contribution in [-0.4, -0.2) is 18.2 Å². The second-order valence-corrected chi connectivity index (χ2v) is 9.12. The molecule has 0 radical (unpaired) electrons. The van der Waals surface area contributed by atoms with Crippen LogP contribution in [-0.2, 0) is 0 Å². The van der Waals surface area contributed by atoms with Gasteiger partial charge in [0, 0.05) is 19.6 Å². The van der Waals surface area contributed by atoms with Gasteiger partial charge in [-0.05, 0) is 36.0 Å². The molecule has 0 amide bonds. The molecular formula is C13H12O2S2Si. The van der Waals surface area contributed by atoms with E-state index in [0.29, 0.717) is 5.19 Å². The Bertz CT molecular complexity index is 608. The van der Waals surface area contributed by atoms with Gasteiger partial charge in [0.15, 0.2) is 0 Å². The van der Waals surface area contributed by atoms with Crippen LogP contribution < -0.4 is 5.19 Å². The van der Waals surface area contributed by atoms with Crippen molar-refractivity contribution < 1.29 is 9.59 Å². The quantitative estimate of drug-likeness (QED) is 0.676. The Balaban J connectivity index is 2.04. The molecule has 0 unspecified atom stereocenters. The van der Waals surface area contributed by atoms with Crippen molar-refractivity contribution in [2.75, 3.05) is 0 Å². The lowest BCUT2D eigenvalue weighted by molar-refractivity contribution is 0.391. The SMILES string of the molecule is C[Si](O)(O)c1ccc2c(c1)Sc1ccccc1S2. The zero-order valence-electron chi connectivity index (χ0n) is 9.75. The summed E-state index contributed by atoms with van der Waals surface area (Å²) in [6.45, 7) is 1.52. The second-order valence-electron chi connectivity index (χ2n) is 4.33. The highest BCUT2D eigenvalue weighted by atomic mass is 32.2. The van der Waals surface area contributed by atoms with Crippen LogP contribution in [0.4, 0.5) is 0 Å². The van der Waals surface area contributed by atoms with E-state index >= 15 is 0 Å². The van der Waals surface area contributed by atoms with E-state index in [4.69, 9.17) is 0 Å². The molecule has 0 saturated carbocycles. The molecule has 2 aromatic rings. The van der Waals surface area contributed by atoms with Gasteiger partial charge < -0.3 is 9.59 Å². The Kier molecular flexibility index (Phi) is 3.03. The molecule has 0 spiro atoms. The van der Waals surface area contributed by atoms with Crippen molar-refractivity contribution in [1.29, 1.82) is 0 Å². The van der Waals surface area contributed by atoms with E-state index in [2.05, 4.69) is 12.1 Å². The van der Waals surface area contributed by atoms with Gasteiger partial charge in [0.05, 0.1) is 0 Å². The summed E-state index contributed by atoms with van der Waals surface area (Å²) in [5.41, 5.74) is 0. The molecule has 3 rings (SSSR count). The van der Waals surface area contributed by atoms with Crippen molar-refractivity contribution in [3.05, 3.63) is 42.5 Å². The molecule has 92 valence electrons. The van der Waals surface area contributed by atoms with Gasteiger partial charge in [-0.15, -0.1) is 0 Å². The number of fused-ring (bicyclic) bond motifs is 2. The largest absolute Gasteiger partial charge is 0.408 e. The first kappa shape index (κ1) is 12.3. The van der Waals surface area contributed by atoms with Crippen LogP contribution >= 0.6 is 23.5 Å². The summed E-state index contributed by atoms with van der Waals surface area (Å²) in [5.74, 6) is 0. The molecule has 18 heavy (non-hydrogen) atoms. The molecule has 1 heterocycles. The molecule has 0 aromatic heterocycles. The molecule has 1 aliphatic rings. The molecule has 2 aromatic carbocycles. The van der Waals surface area contributed by atoms with E-state index in [9.17, 15) is 9.59 Å². The Labute approximate surface area is 115 Å². The molecule has 0 bridgehead atoms. The minimum Gasteiger partial charge on any atom is -0.408 e. The van der Waals surface area contributed by atoms with Gasteiger partial charge in [-0.3, -0.25) is 0 Å². The fraction of sp³-hybridized carbons (Fsp3) is 0.0769. The third-order valence-corrected chi connectivity index (χ3v) is 6.73. The molecule has 2 N–H and O–H groups in total. The summed E-state index contributed by atoms with van der Waals surface area (Å²) in [6.07, 6.45) is 0. The lowest BCUT2D eigenvalue weighted by Gasteiger charge is -2.20. The fourth-order valence-electron chi connectivity index (χ4n) is 1.82. The van der Waals surface area contributed by atoms with Crippen molar-refractivity contribution >= 4 is 37.3 Å². The molecule has 0 aliphatic carbocycles. The minimum atomic E-state index is -3.21. The predicted molar refractivity (Wildman–Crippen MR) is 76.8 cm³/mol. The molecule has 0 fully saturated rings. The van der Waals surface area contributed by atoms with Crippen molar-refractivity contribution in [2.24, 2.45) is 0 Å². The highest BCUT2D eigenvalue weighted by Crippen LogP contribution is 2.47. The highest BCUT2D eigenvalue weighted by Gasteiger charge is 2.27.